The summed E-state index contributed by atoms with van der Waals surface area (Å²) in [4.78, 5) is 149. The highest BCUT2D eigenvalue weighted by Gasteiger charge is 2.47. The van der Waals surface area contributed by atoms with Crippen LogP contribution >= 0.6 is 0 Å². The molecule has 0 aliphatic carbocycles. The van der Waals surface area contributed by atoms with E-state index in [0.29, 0.717) is 25.7 Å². The molecule has 0 bridgehead atoms. The summed E-state index contributed by atoms with van der Waals surface area (Å²) in [5.41, 5.74) is 3.74. The Hall–Kier alpha value is -12.5. The van der Waals surface area contributed by atoms with Crippen LogP contribution in [-0.4, -0.2) is 144 Å². The van der Waals surface area contributed by atoms with Gasteiger partial charge in [0, 0.05) is 117 Å². The van der Waals surface area contributed by atoms with Crippen molar-refractivity contribution >= 4 is 102 Å². The number of hydrogen-bond donors (Lipinski definition) is 0. The molecule has 0 fully saturated rings. The molecule has 6 amide bonds. The average molecular weight is 1490 g/mol. The van der Waals surface area contributed by atoms with Gasteiger partial charge < -0.3 is 47.7 Å². The van der Waals surface area contributed by atoms with Gasteiger partial charge in [-0.05, 0) is 163 Å². The molecule has 0 saturated carbocycles. The Morgan fingerprint density at radius 3 is 0.718 bits per heavy atom. The Balaban J connectivity index is 1.28. The first kappa shape index (κ1) is 78.6. The number of likely N-dealkylation sites (N-methyl/N-ethyl adjacent to an activating group) is 2. The van der Waals surface area contributed by atoms with Gasteiger partial charge in [0.2, 0.25) is 11.8 Å². The lowest BCUT2D eigenvalue weighted by atomic mass is 9.80. The standard InChI is InChI=1S/C88H88N4O18/c1-15-65(83(97)89(17-3)18-4)91-79(93)61-45-67(107-57-29-21-53(22-30-57)37-41-103-85(99)49(7)8)73-75-69(109-59-33-25-55(26-34-59)39-43-105-87(101)51(11)12)47-63-72-64(82(96)92(81(63)95)66(16-2)84(98)90(19-5)20-6)48-70(110-60-35-27-56(28-36-60)40-44-106-88(102)52(13)14)76(78(72)75)74-68(46-62(80(91)94)71(61)77(73)74)108-58-31-23-54(24-32-58)38-42-104-86(100)50(9)10/h21-36,45-48,65-66H,7,9,11,13,15-20,37-44H2,1-6,8,10,12,14H3. The smallest absolute Gasteiger partial charge is 0.333 e. The van der Waals surface area contributed by atoms with Crippen LogP contribution in [-0.2, 0) is 73.4 Å². The molecule has 22 nitrogen and oxygen atoms in total. The lowest BCUT2D eigenvalue weighted by Gasteiger charge is -2.37. The molecule has 2 aliphatic rings. The van der Waals surface area contributed by atoms with E-state index in [4.69, 9.17) is 37.9 Å². The van der Waals surface area contributed by atoms with Crippen molar-refractivity contribution in [3.8, 4) is 46.0 Å². The van der Waals surface area contributed by atoms with Crippen LogP contribution in [0.15, 0.2) is 170 Å². The number of esters is 4. The number of nitrogens with zero attached hydrogens (tertiary/aromatic N) is 4. The number of ether oxygens (including phenoxy) is 8. The molecule has 2 heterocycles. The molecule has 0 aromatic heterocycles. The third-order valence-corrected chi connectivity index (χ3v) is 19.6. The number of amides is 6. The van der Waals surface area contributed by atoms with E-state index in [2.05, 4.69) is 26.3 Å². The summed E-state index contributed by atoms with van der Waals surface area (Å²) >= 11 is 0. The summed E-state index contributed by atoms with van der Waals surface area (Å²) in [6.45, 7) is 32.9. The summed E-state index contributed by atoms with van der Waals surface area (Å²) in [6.07, 6.45) is 1.28. The van der Waals surface area contributed by atoms with Crippen molar-refractivity contribution in [1.82, 2.24) is 19.6 Å². The average Bonchev–Trinajstić information content (AvgIpc) is 0.670. The number of carbonyl (C=O) groups is 10. The van der Waals surface area contributed by atoms with Crippen LogP contribution in [0.5, 0.6) is 46.0 Å². The maximum absolute atomic E-state index is 16.2. The zero-order chi connectivity index (χ0) is 79.1. The van der Waals surface area contributed by atoms with Crippen molar-refractivity contribution in [2.24, 2.45) is 0 Å². The van der Waals surface area contributed by atoms with Gasteiger partial charge in [-0.1, -0.05) is 88.7 Å². The van der Waals surface area contributed by atoms with E-state index in [0.717, 1.165) is 32.1 Å². The molecule has 2 unspecified atom stereocenters. The Morgan fingerprint density at radius 2 is 0.536 bits per heavy atom. The van der Waals surface area contributed by atoms with Crippen molar-refractivity contribution in [2.75, 3.05) is 52.6 Å². The topological polar surface area (TPSA) is 258 Å². The molecule has 22 heteroatoms. The van der Waals surface area contributed by atoms with Crippen molar-refractivity contribution < 1.29 is 85.8 Å². The molecule has 0 N–H and O–H groups in total. The minimum atomic E-state index is -1.31. The fourth-order valence-corrected chi connectivity index (χ4v) is 13.8. The maximum atomic E-state index is 16.2. The molecule has 2 aliphatic heterocycles. The van der Waals surface area contributed by atoms with Crippen LogP contribution in [0, 0.1) is 0 Å². The summed E-state index contributed by atoms with van der Waals surface area (Å²) in [5, 5.41) is 1.28. The highest BCUT2D eigenvalue weighted by atomic mass is 16.5. The van der Waals surface area contributed by atoms with Crippen molar-refractivity contribution in [1.29, 1.82) is 0 Å². The molecule has 9 aromatic rings. The van der Waals surface area contributed by atoms with E-state index in [1.54, 1.807) is 176 Å². The molecule has 0 saturated heterocycles. The Labute approximate surface area is 637 Å². The lowest BCUT2D eigenvalue weighted by Crippen LogP contribution is -2.54. The van der Waals surface area contributed by atoms with Gasteiger partial charge in [-0.15, -0.1) is 0 Å². The lowest BCUT2D eigenvalue weighted by molar-refractivity contribution is -0.139. The molecule has 110 heavy (non-hydrogen) atoms. The molecule has 11 rings (SSSR count). The predicted octanol–water partition coefficient (Wildman–Crippen LogP) is 16.0. The van der Waals surface area contributed by atoms with Gasteiger partial charge in [-0.3, -0.25) is 38.6 Å². The second kappa shape index (κ2) is 33.8. The summed E-state index contributed by atoms with van der Waals surface area (Å²) < 4.78 is 50.7. The Morgan fingerprint density at radius 1 is 0.327 bits per heavy atom. The van der Waals surface area contributed by atoms with E-state index in [1.165, 1.54) is 24.3 Å². The molecule has 2 atom stereocenters. The molecule has 568 valence electrons. The maximum Gasteiger partial charge on any atom is 0.333 e. The van der Waals surface area contributed by atoms with Gasteiger partial charge in [-0.25, -0.2) is 19.2 Å². The quantitative estimate of drug-likeness (QED) is 0.00906. The van der Waals surface area contributed by atoms with Crippen molar-refractivity contribution in [3.05, 3.63) is 214 Å². The Bertz CT molecular complexity index is 4620. The molecular weight excluding hydrogens is 1400 g/mol. The minimum Gasteiger partial charge on any atom is -0.462 e. The first-order valence-electron chi connectivity index (χ1n) is 36.8. The highest BCUT2D eigenvalue weighted by molar-refractivity contribution is 6.45. The fraction of sp³-hybridized carbons (Fsp3) is 0.295. The van der Waals surface area contributed by atoms with Gasteiger partial charge in [0.25, 0.3) is 23.6 Å². The fourth-order valence-electron chi connectivity index (χ4n) is 13.8. The van der Waals surface area contributed by atoms with Crippen molar-refractivity contribution in [2.45, 2.75) is 120 Å². The monoisotopic (exact) mass is 1490 g/mol. The second-order valence-electron chi connectivity index (χ2n) is 27.2. The summed E-state index contributed by atoms with van der Waals surface area (Å²) in [7, 11) is 0. The number of fused-ring (bicyclic) bond motifs is 2. The van der Waals surface area contributed by atoms with Gasteiger partial charge in [-0.2, -0.15) is 0 Å². The van der Waals surface area contributed by atoms with Gasteiger partial charge >= 0.3 is 23.9 Å². The first-order valence-corrected chi connectivity index (χ1v) is 36.8. The van der Waals surface area contributed by atoms with Crippen LogP contribution in [0.2, 0.25) is 0 Å². The summed E-state index contributed by atoms with van der Waals surface area (Å²) in [5.74, 6) is -5.60. The molecule has 0 radical (unpaired) electrons. The van der Waals surface area contributed by atoms with E-state index >= 15 is 19.2 Å². The molecule has 0 spiro atoms. The number of rotatable bonds is 34. The predicted molar refractivity (Wildman–Crippen MR) is 417 cm³/mol. The Kier molecular flexibility index (Phi) is 24.1. The van der Waals surface area contributed by atoms with E-state index in [-0.39, 0.29) is 199 Å². The second-order valence-corrected chi connectivity index (χ2v) is 27.2. The number of hydrogen-bond acceptors (Lipinski definition) is 18. The van der Waals surface area contributed by atoms with E-state index < -0.39 is 71.4 Å². The number of carbonyl (C=O) groups excluding carboxylic acids is 10. The van der Waals surface area contributed by atoms with Crippen molar-refractivity contribution in [3.63, 3.8) is 0 Å². The van der Waals surface area contributed by atoms with Crippen LogP contribution in [0.1, 0.15) is 146 Å². The van der Waals surface area contributed by atoms with Crippen LogP contribution < -0.4 is 18.9 Å². The number of imide groups is 2. The molecular formula is C88H88N4O18. The largest absolute Gasteiger partial charge is 0.462 e. The van der Waals surface area contributed by atoms with Crippen LogP contribution in [0.3, 0.4) is 0 Å². The first-order chi connectivity index (χ1) is 52.7. The van der Waals surface area contributed by atoms with E-state index in [9.17, 15) is 28.8 Å². The third kappa shape index (κ3) is 15.9. The molecule has 9 aromatic carbocycles. The zero-order valence-electron chi connectivity index (χ0n) is 63.6. The van der Waals surface area contributed by atoms with Crippen LogP contribution in [0.4, 0.5) is 0 Å². The zero-order valence-corrected chi connectivity index (χ0v) is 63.6. The van der Waals surface area contributed by atoms with Crippen LogP contribution in [0.25, 0.3) is 43.1 Å². The summed E-state index contributed by atoms with van der Waals surface area (Å²) in [6, 6.07) is 31.2. The van der Waals surface area contributed by atoms with Gasteiger partial charge in [0.05, 0.1) is 48.7 Å². The third-order valence-electron chi connectivity index (χ3n) is 19.6. The minimum absolute atomic E-state index is 0.0174. The van der Waals surface area contributed by atoms with Gasteiger partial charge in [0.1, 0.15) is 58.1 Å². The van der Waals surface area contributed by atoms with Gasteiger partial charge in [0.15, 0.2) is 0 Å². The highest BCUT2D eigenvalue weighted by Crippen LogP contribution is 2.58. The SMILES string of the molecule is C=C(C)C(=O)OCCc1ccc(Oc2cc3c4c(cc(Oc5ccc(CCOC(=O)C(=C)C)cc5)c5c6c(Oc7ccc(CCOC(=O)C(=C)C)cc7)cc7c8c(cc(Oc9ccc(CCOC(=O)C(=C)C)cc9)c(c2c45)c86)C(=O)N(C(CC)C(=O)N(CC)CC)C7=O)C(=O)N(C(CC)C(=O)N(CC)CC)C3=O)cc1. The number of benzene rings is 9. The van der Waals surface area contributed by atoms with E-state index in [1.807, 2.05) is 0 Å². The normalized spacial score (nSPS) is 12.9.